The molecule has 5 aromatic rings. The summed E-state index contributed by atoms with van der Waals surface area (Å²) in [7, 11) is 0. The zero-order chi connectivity index (χ0) is 15.6. The maximum absolute atomic E-state index is 2.36. The van der Waals surface area contributed by atoms with Gasteiger partial charge in [-0.2, -0.15) is 0 Å². The van der Waals surface area contributed by atoms with Gasteiger partial charge < -0.3 is 0 Å². The van der Waals surface area contributed by atoms with E-state index in [1.807, 2.05) is 11.3 Å². The van der Waals surface area contributed by atoms with Crippen LogP contribution in [0.5, 0.6) is 0 Å². The largest absolute Gasteiger partial charge is 0.135 e. The molecule has 0 radical (unpaired) electrons. The molecule has 5 rings (SSSR count). The van der Waals surface area contributed by atoms with Gasteiger partial charge in [-0.15, -0.1) is 11.3 Å². The predicted molar refractivity (Wildman–Crippen MR) is 104 cm³/mol. The molecule has 0 aliphatic rings. The number of aryl methyl sites for hydroxylation is 2. The van der Waals surface area contributed by atoms with E-state index >= 15 is 0 Å². The van der Waals surface area contributed by atoms with Crippen molar-refractivity contribution in [1.82, 2.24) is 0 Å². The number of hydrogen-bond donors (Lipinski definition) is 0. The Morgan fingerprint density at radius 2 is 1.39 bits per heavy atom. The number of thiophene rings is 1. The third kappa shape index (κ3) is 1.77. The van der Waals surface area contributed by atoms with Gasteiger partial charge in [0.2, 0.25) is 0 Å². The maximum atomic E-state index is 2.36. The molecule has 0 amide bonds. The standard InChI is InChI=1S/C22H16S/c1-13-11-19-21(12-14(13)2)23-20-10-9-17-16-6-4-3-5-15(16)7-8-18(17)22(19)20/h3-12H,1-2H3. The van der Waals surface area contributed by atoms with Crippen LogP contribution in [-0.2, 0) is 0 Å². The summed E-state index contributed by atoms with van der Waals surface area (Å²) < 4.78 is 2.77. The van der Waals surface area contributed by atoms with Crippen molar-refractivity contribution < 1.29 is 0 Å². The highest BCUT2D eigenvalue weighted by molar-refractivity contribution is 7.26. The van der Waals surface area contributed by atoms with Crippen molar-refractivity contribution in [3.8, 4) is 0 Å². The van der Waals surface area contributed by atoms with Crippen LogP contribution in [0.4, 0.5) is 0 Å². The zero-order valence-corrected chi connectivity index (χ0v) is 14.0. The van der Waals surface area contributed by atoms with E-state index in [2.05, 4.69) is 74.5 Å². The quantitative estimate of drug-likeness (QED) is 0.271. The molecule has 0 atom stereocenters. The van der Waals surface area contributed by atoms with Gasteiger partial charge in [0.1, 0.15) is 0 Å². The van der Waals surface area contributed by atoms with Crippen LogP contribution in [0.15, 0.2) is 60.7 Å². The Bertz CT molecular complexity index is 1220. The first kappa shape index (κ1) is 13.1. The summed E-state index contributed by atoms with van der Waals surface area (Å²) in [5, 5.41) is 8.19. The van der Waals surface area contributed by atoms with Gasteiger partial charge >= 0.3 is 0 Å². The average Bonchev–Trinajstić information content (AvgIpc) is 2.92. The van der Waals surface area contributed by atoms with E-state index in [1.165, 1.54) is 52.8 Å². The average molecular weight is 312 g/mol. The highest BCUT2D eigenvalue weighted by Gasteiger charge is 2.11. The van der Waals surface area contributed by atoms with Crippen LogP contribution < -0.4 is 0 Å². The molecule has 0 aliphatic carbocycles. The van der Waals surface area contributed by atoms with E-state index < -0.39 is 0 Å². The Labute approximate surface area is 139 Å². The number of fused-ring (bicyclic) bond motifs is 7. The van der Waals surface area contributed by atoms with Crippen molar-refractivity contribution in [2.24, 2.45) is 0 Å². The molecule has 4 aromatic carbocycles. The van der Waals surface area contributed by atoms with Gasteiger partial charge in [0.25, 0.3) is 0 Å². The summed E-state index contributed by atoms with van der Waals surface area (Å²) >= 11 is 1.90. The zero-order valence-electron chi connectivity index (χ0n) is 13.2. The first-order valence-electron chi connectivity index (χ1n) is 7.96. The second-order valence-electron chi connectivity index (χ2n) is 6.36. The van der Waals surface area contributed by atoms with Gasteiger partial charge in [-0.05, 0) is 64.7 Å². The summed E-state index contributed by atoms with van der Waals surface area (Å²) in [5.74, 6) is 0. The van der Waals surface area contributed by atoms with Gasteiger partial charge in [0.05, 0.1) is 0 Å². The fraction of sp³-hybridized carbons (Fsp3) is 0.0909. The second-order valence-corrected chi connectivity index (χ2v) is 7.44. The van der Waals surface area contributed by atoms with Crippen molar-refractivity contribution in [2.45, 2.75) is 13.8 Å². The van der Waals surface area contributed by atoms with E-state index in [0.29, 0.717) is 0 Å². The van der Waals surface area contributed by atoms with Crippen LogP contribution in [0.2, 0.25) is 0 Å². The molecule has 0 fully saturated rings. The first-order valence-corrected chi connectivity index (χ1v) is 8.78. The molecule has 0 unspecified atom stereocenters. The van der Waals surface area contributed by atoms with Crippen molar-refractivity contribution >= 4 is 53.1 Å². The minimum atomic E-state index is 1.31. The molecule has 0 N–H and O–H groups in total. The minimum Gasteiger partial charge on any atom is -0.135 e. The minimum absolute atomic E-state index is 1.31. The van der Waals surface area contributed by atoms with Crippen LogP contribution in [-0.4, -0.2) is 0 Å². The molecule has 1 heteroatoms. The van der Waals surface area contributed by atoms with Crippen LogP contribution >= 0.6 is 11.3 Å². The summed E-state index contributed by atoms with van der Waals surface area (Å²) in [4.78, 5) is 0. The van der Waals surface area contributed by atoms with E-state index in [0.717, 1.165) is 0 Å². The fourth-order valence-electron chi connectivity index (χ4n) is 3.62. The molecular formula is C22H16S. The van der Waals surface area contributed by atoms with Crippen molar-refractivity contribution in [3.05, 3.63) is 71.8 Å². The number of rotatable bonds is 0. The summed E-state index contributed by atoms with van der Waals surface area (Å²) in [6.07, 6.45) is 0. The van der Waals surface area contributed by atoms with Gasteiger partial charge in [-0.25, -0.2) is 0 Å². The highest BCUT2D eigenvalue weighted by Crippen LogP contribution is 2.41. The fourth-order valence-corrected chi connectivity index (χ4v) is 4.82. The molecule has 23 heavy (non-hydrogen) atoms. The topological polar surface area (TPSA) is 0 Å². The Morgan fingerprint density at radius 1 is 0.609 bits per heavy atom. The lowest BCUT2D eigenvalue weighted by atomic mass is 9.97. The third-order valence-electron chi connectivity index (χ3n) is 4.97. The van der Waals surface area contributed by atoms with E-state index in [4.69, 9.17) is 0 Å². The molecule has 0 bridgehead atoms. The first-order chi connectivity index (χ1) is 11.2. The Hall–Kier alpha value is -2.38. The molecule has 1 heterocycles. The molecule has 0 spiro atoms. The van der Waals surface area contributed by atoms with Crippen molar-refractivity contribution in [3.63, 3.8) is 0 Å². The van der Waals surface area contributed by atoms with E-state index in [-0.39, 0.29) is 0 Å². The monoisotopic (exact) mass is 312 g/mol. The Balaban J connectivity index is 2.06. The molecule has 110 valence electrons. The second kappa shape index (κ2) is 4.56. The van der Waals surface area contributed by atoms with Crippen LogP contribution in [0, 0.1) is 13.8 Å². The van der Waals surface area contributed by atoms with Crippen LogP contribution in [0.1, 0.15) is 11.1 Å². The lowest BCUT2D eigenvalue weighted by molar-refractivity contribution is 1.37. The predicted octanol–water partition coefficient (Wildman–Crippen LogP) is 6.98. The van der Waals surface area contributed by atoms with Crippen LogP contribution in [0.25, 0.3) is 41.7 Å². The van der Waals surface area contributed by atoms with E-state index in [1.54, 1.807) is 0 Å². The molecular weight excluding hydrogens is 296 g/mol. The normalized spacial score (nSPS) is 11.9. The van der Waals surface area contributed by atoms with Gasteiger partial charge in [0.15, 0.2) is 0 Å². The lowest BCUT2D eigenvalue weighted by Gasteiger charge is -2.06. The third-order valence-corrected chi connectivity index (χ3v) is 6.09. The molecule has 0 nitrogen and oxygen atoms in total. The SMILES string of the molecule is Cc1cc2sc3ccc4c5ccccc5ccc4c3c2cc1C. The summed E-state index contributed by atoms with van der Waals surface area (Å²) in [6, 6.07) is 22.5. The molecule has 0 saturated carbocycles. The number of benzene rings is 4. The Morgan fingerprint density at radius 3 is 2.30 bits per heavy atom. The van der Waals surface area contributed by atoms with Gasteiger partial charge in [0, 0.05) is 20.2 Å². The van der Waals surface area contributed by atoms with Crippen molar-refractivity contribution in [1.29, 1.82) is 0 Å². The maximum Gasteiger partial charge on any atom is 0.0361 e. The van der Waals surface area contributed by atoms with Crippen molar-refractivity contribution in [2.75, 3.05) is 0 Å². The summed E-state index contributed by atoms with van der Waals surface area (Å²) in [6.45, 7) is 4.41. The number of hydrogen-bond acceptors (Lipinski definition) is 1. The smallest absolute Gasteiger partial charge is 0.0361 e. The highest BCUT2D eigenvalue weighted by atomic mass is 32.1. The summed E-state index contributed by atoms with van der Waals surface area (Å²) in [5.41, 5.74) is 2.74. The molecule has 1 aromatic heterocycles. The van der Waals surface area contributed by atoms with Gasteiger partial charge in [-0.1, -0.05) is 42.5 Å². The van der Waals surface area contributed by atoms with E-state index in [9.17, 15) is 0 Å². The lowest BCUT2D eigenvalue weighted by Crippen LogP contribution is -1.80. The Kier molecular flexibility index (Phi) is 2.60. The molecule has 0 saturated heterocycles. The van der Waals surface area contributed by atoms with Gasteiger partial charge in [-0.3, -0.25) is 0 Å². The molecule has 0 aliphatic heterocycles. The van der Waals surface area contributed by atoms with Crippen LogP contribution in [0.3, 0.4) is 0 Å².